The van der Waals surface area contributed by atoms with Crippen molar-refractivity contribution in [2.45, 2.75) is 13.5 Å². The van der Waals surface area contributed by atoms with Crippen molar-refractivity contribution in [3.8, 4) is 0 Å². The molecule has 0 bridgehead atoms. The van der Waals surface area contributed by atoms with Gasteiger partial charge in [-0.05, 0) is 54.5 Å². The zero-order chi connectivity index (χ0) is 17.8. The maximum atomic E-state index is 6.18. The molecule has 6 heteroatoms. The summed E-state index contributed by atoms with van der Waals surface area (Å²) in [5.41, 5.74) is 3.24. The third-order valence-corrected chi connectivity index (χ3v) is 5.38. The Labute approximate surface area is 164 Å². The van der Waals surface area contributed by atoms with Crippen LogP contribution < -0.4 is 5.32 Å². The zero-order valence-electron chi connectivity index (χ0n) is 14.1. The quantitative estimate of drug-likeness (QED) is 0.753. The van der Waals surface area contributed by atoms with Gasteiger partial charge >= 0.3 is 0 Å². The SMILES string of the molecule is Cc1ccc(NC(=S)N2CCN(Cc3cccc(Cl)c3)CC2)cc1Cl. The zero-order valence-corrected chi connectivity index (χ0v) is 16.5. The Hall–Kier alpha value is -1.33. The summed E-state index contributed by atoms with van der Waals surface area (Å²) in [6, 6.07) is 14.0. The summed E-state index contributed by atoms with van der Waals surface area (Å²) in [7, 11) is 0. The summed E-state index contributed by atoms with van der Waals surface area (Å²) in [5.74, 6) is 0. The van der Waals surface area contributed by atoms with Crippen LogP contribution in [0.1, 0.15) is 11.1 Å². The van der Waals surface area contributed by atoms with E-state index in [4.69, 9.17) is 35.4 Å². The monoisotopic (exact) mass is 393 g/mol. The predicted molar refractivity (Wildman–Crippen MR) is 111 cm³/mol. The second-order valence-electron chi connectivity index (χ2n) is 6.29. The Morgan fingerprint density at radius 3 is 2.52 bits per heavy atom. The van der Waals surface area contributed by atoms with Gasteiger partial charge in [0, 0.05) is 48.5 Å². The van der Waals surface area contributed by atoms with Crippen molar-refractivity contribution < 1.29 is 0 Å². The Morgan fingerprint density at radius 1 is 1.08 bits per heavy atom. The van der Waals surface area contributed by atoms with Crippen LogP contribution in [0.25, 0.3) is 0 Å². The topological polar surface area (TPSA) is 18.5 Å². The van der Waals surface area contributed by atoms with Crippen molar-refractivity contribution in [3.05, 3.63) is 63.6 Å². The number of hydrogen-bond donors (Lipinski definition) is 1. The van der Waals surface area contributed by atoms with Crippen molar-refractivity contribution in [3.63, 3.8) is 0 Å². The molecule has 0 atom stereocenters. The lowest BCUT2D eigenvalue weighted by atomic mass is 10.2. The molecule has 0 unspecified atom stereocenters. The molecule has 25 heavy (non-hydrogen) atoms. The second kappa shape index (κ2) is 8.37. The van der Waals surface area contributed by atoms with Gasteiger partial charge in [-0.3, -0.25) is 4.90 Å². The molecule has 0 saturated carbocycles. The highest BCUT2D eigenvalue weighted by Crippen LogP contribution is 2.20. The van der Waals surface area contributed by atoms with E-state index in [0.717, 1.165) is 59.1 Å². The van der Waals surface area contributed by atoms with Gasteiger partial charge in [-0.1, -0.05) is 41.4 Å². The average Bonchev–Trinajstić information content (AvgIpc) is 2.59. The Balaban J connectivity index is 1.51. The summed E-state index contributed by atoms with van der Waals surface area (Å²) in [6.07, 6.45) is 0. The molecule has 3 rings (SSSR count). The van der Waals surface area contributed by atoms with E-state index < -0.39 is 0 Å². The number of anilines is 1. The van der Waals surface area contributed by atoms with E-state index >= 15 is 0 Å². The van der Waals surface area contributed by atoms with Crippen LogP contribution in [-0.2, 0) is 6.54 Å². The van der Waals surface area contributed by atoms with Gasteiger partial charge in [0.15, 0.2) is 5.11 Å². The van der Waals surface area contributed by atoms with Crippen molar-refractivity contribution >= 4 is 46.2 Å². The van der Waals surface area contributed by atoms with Crippen LogP contribution in [0.3, 0.4) is 0 Å². The number of thiocarbonyl (C=S) groups is 1. The smallest absolute Gasteiger partial charge is 0.173 e. The summed E-state index contributed by atoms with van der Waals surface area (Å²) in [5, 5.41) is 5.58. The van der Waals surface area contributed by atoms with E-state index in [2.05, 4.69) is 21.2 Å². The molecular formula is C19H21Cl2N3S. The Bertz CT molecular complexity index is 758. The van der Waals surface area contributed by atoms with E-state index in [9.17, 15) is 0 Å². The van der Waals surface area contributed by atoms with E-state index in [0.29, 0.717) is 0 Å². The molecule has 2 aromatic carbocycles. The maximum Gasteiger partial charge on any atom is 0.173 e. The number of halogens is 2. The van der Waals surface area contributed by atoms with E-state index in [-0.39, 0.29) is 0 Å². The molecule has 0 spiro atoms. The number of piperazine rings is 1. The normalized spacial score (nSPS) is 15.2. The number of hydrogen-bond acceptors (Lipinski definition) is 2. The molecule has 132 valence electrons. The second-order valence-corrected chi connectivity index (χ2v) is 7.52. The molecule has 1 saturated heterocycles. The minimum atomic E-state index is 0.749. The van der Waals surface area contributed by atoms with Crippen LogP contribution >= 0.6 is 35.4 Å². The first-order valence-corrected chi connectivity index (χ1v) is 9.46. The first-order valence-electron chi connectivity index (χ1n) is 8.30. The summed E-state index contributed by atoms with van der Waals surface area (Å²) < 4.78 is 0. The van der Waals surface area contributed by atoms with Gasteiger partial charge in [-0.15, -0.1) is 0 Å². The van der Waals surface area contributed by atoms with E-state index in [1.54, 1.807) is 0 Å². The van der Waals surface area contributed by atoms with Gasteiger partial charge in [0.25, 0.3) is 0 Å². The lowest BCUT2D eigenvalue weighted by Gasteiger charge is -2.36. The molecule has 0 aliphatic carbocycles. The molecule has 0 aromatic heterocycles. The molecule has 1 aliphatic rings. The van der Waals surface area contributed by atoms with Gasteiger partial charge in [0.1, 0.15) is 0 Å². The van der Waals surface area contributed by atoms with Gasteiger partial charge in [-0.25, -0.2) is 0 Å². The molecule has 1 N–H and O–H groups in total. The minimum absolute atomic E-state index is 0.749. The van der Waals surface area contributed by atoms with Crippen LogP contribution in [0.15, 0.2) is 42.5 Å². The van der Waals surface area contributed by atoms with Gasteiger partial charge in [-0.2, -0.15) is 0 Å². The fourth-order valence-corrected chi connectivity index (χ4v) is 3.57. The number of rotatable bonds is 3. The summed E-state index contributed by atoms with van der Waals surface area (Å²) >= 11 is 17.8. The number of nitrogens with one attached hydrogen (secondary N) is 1. The van der Waals surface area contributed by atoms with Crippen LogP contribution in [-0.4, -0.2) is 41.1 Å². The molecule has 0 radical (unpaired) electrons. The molecule has 1 heterocycles. The first-order chi connectivity index (χ1) is 12.0. The fourth-order valence-electron chi connectivity index (χ4n) is 2.88. The standard InChI is InChI=1S/C19H21Cl2N3S/c1-14-5-6-17(12-18(14)21)22-19(25)24-9-7-23(8-10-24)13-15-3-2-4-16(20)11-15/h2-6,11-12H,7-10,13H2,1H3,(H,22,25). The largest absolute Gasteiger partial charge is 0.346 e. The lowest BCUT2D eigenvalue weighted by molar-refractivity contribution is 0.177. The van der Waals surface area contributed by atoms with Crippen molar-refractivity contribution in [1.82, 2.24) is 9.80 Å². The van der Waals surface area contributed by atoms with Crippen LogP contribution in [0.2, 0.25) is 10.0 Å². The Kier molecular flexibility index (Phi) is 6.18. The van der Waals surface area contributed by atoms with Crippen molar-refractivity contribution in [2.24, 2.45) is 0 Å². The van der Waals surface area contributed by atoms with Gasteiger partial charge in [0.05, 0.1) is 0 Å². The molecule has 3 nitrogen and oxygen atoms in total. The molecular weight excluding hydrogens is 373 g/mol. The third-order valence-electron chi connectivity index (χ3n) is 4.38. The fraction of sp³-hybridized carbons (Fsp3) is 0.316. The molecule has 2 aromatic rings. The predicted octanol–water partition coefficient (Wildman–Crippen LogP) is 4.82. The average molecular weight is 394 g/mol. The number of benzene rings is 2. The summed E-state index contributed by atoms with van der Waals surface area (Å²) in [6.45, 7) is 6.68. The van der Waals surface area contributed by atoms with Crippen LogP contribution in [0, 0.1) is 6.92 Å². The maximum absolute atomic E-state index is 6.18. The van der Waals surface area contributed by atoms with Crippen LogP contribution in [0.4, 0.5) is 5.69 Å². The van der Waals surface area contributed by atoms with Gasteiger partial charge in [0.2, 0.25) is 0 Å². The third kappa shape index (κ3) is 5.08. The molecule has 0 amide bonds. The van der Waals surface area contributed by atoms with Gasteiger partial charge < -0.3 is 10.2 Å². The first kappa shape index (κ1) is 18.5. The highest BCUT2D eigenvalue weighted by molar-refractivity contribution is 7.80. The van der Waals surface area contributed by atoms with E-state index in [1.165, 1.54) is 5.56 Å². The number of nitrogens with zero attached hydrogens (tertiary/aromatic N) is 2. The summed E-state index contributed by atoms with van der Waals surface area (Å²) in [4.78, 5) is 4.63. The number of aryl methyl sites for hydroxylation is 1. The van der Waals surface area contributed by atoms with E-state index in [1.807, 2.05) is 43.3 Å². The lowest BCUT2D eigenvalue weighted by Crippen LogP contribution is -2.49. The van der Waals surface area contributed by atoms with Crippen LogP contribution in [0.5, 0.6) is 0 Å². The highest BCUT2D eigenvalue weighted by atomic mass is 35.5. The Morgan fingerprint density at radius 2 is 1.84 bits per heavy atom. The van der Waals surface area contributed by atoms with Crippen molar-refractivity contribution in [2.75, 3.05) is 31.5 Å². The minimum Gasteiger partial charge on any atom is -0.346 e. The molecule has 1 aliphatic heterocycles. The van der Waals surface area contributed by atoms with Crippen molar-refractivity contribution in [1.29, 1.82) is 0 Å². The highest BCUT2D eigenvalue weighted by Gasteiger charge is 2.19. The molecule has 1 fully saturated rings.